The third kappa shape index (κ3) is 5.99. The summed E-state index contributed by atoms with van der Waals surface area (Å²) in [4.78, 5) is 16.2. The summed E-state index contributed by atoms with van der Waals surface area (Å²) >= 11 is 0. The van der Waals surface area contributed by atoms with Crippen LogP contribution in [0, 0.1) is 11.7 Å². The molecule has 2 amide bonds. The van der Waals surface area contributed by atoms with Gasteiger partial charge in [-0.2, -0.15) is 0 Å². The topological polar surface area (TPSA) is 35.6 Å². The van der Waals surface area contributed by atoms with Crippen LogP contribution in [0.4, 0.5) is 9.18 Å². The third-order valence-corrected chi connectivity index (χ3v) is 5.08. The van der Waals surface area contributed by atoms with Crippen molar-refractivity contribution in [2.75, 3.05) is 39.3 Å². The average molecular weight is 349 g/mol. The van der Waals surface area contributed by atoms with Crippen molar-refractivity contribution in [3.63, 3.8) is 0 Å². The molecule has 1 atom stereocenters. The van der Waals surface area contributed by atoms with E-state index in [0.717, 1.165) is 45.6 Å². The standard InChI is InChI=1S/C20H32FN3O/c1-4-22-20(25)24-14-12-23(13-15-24)11-5-6-19(16(2)3)17-7-9-18(21)10-8-17/h7-10,16,19H,4-6,11-15H2,1-3H3,(H,22,25). The smallest absolute Gasteiger partial charge is 0.317 e. The van der Waals surface area contributed by atoms with Gasteiger partial charge >= 0.3 is 6.03 Å². The fourth-order valence-corrected chi connectivity index (χ4v) is 3.57. The average Bonchev–Trinajstić information content (AvgIpc) is 2.60. The first-order chi connectivity index (χ1) is 12.0. The number of nitrogens with one attached hydrogen (secondary N) is 1. The van der Waals surface area contributed by atoms with E-state index < -0.39 is 0 Å². The molecule has 0 spiro atoms. The Balaban J connectivity index is 1.76. The first-order valence-corrected chi connectivity index (χ1v) is 9.51. The number of carbonyl (C=O) groups is 1. The first kappa shape index (κ1) is 19.7. The van der Waals surface area contributed by atoms with E-state index in [1.54, 1.807) is 12.1 Å². The van der Waals surface area contributed by atoms with Crippen molar-refractivity contribution in [2.45, 2.75) is 39.5 Å². The van der Waals surface area contributed by atoms with E-state index in [1.165, 1.54) is 5.56 Å². The summed E-state index contributed by atoms with van der Waals surface area (Å²) in [5.41, 5.74) is 1.23. The van der Waals surface area contributed by atoms with Crippen LogP contribution in [0.1, 0.15) is 45.1 Å². The van der Waals surface area contributed by atoms with Crippen LogP contribution < -0.4 is 5.32 Å². The summed E-state index contributed by atoms with van der Waals surface area (Å²) in [6, 6.07) is 7.02. The highest BCUT2D eigenvalue weighted by molar-refractivity contribution is 5.74. The number of urea groups is 1. The highest BCUT2D eigenvalue weighted by atomic mass is 19.1. The van der Waals surface area contributed by atoms with Gasteiger partial charge in [-0.3, -0.25) is 4.90 Å². The Kier molecular flexibility index (Phi) is 7.69. The molecule has 0 aliphatic carbocycles. The lowest BCUT2D eigenvalue weighted by atomic mass is 9.85. The Hall–Kier alpha value is -1.62. The highest BCUT2D eigenvalue weighted by Gasteiger charge is 2.21. The molecule has 4 nitrogen and oxygen atoms in total. The lowest BCUT2D eigenvalue weighted by molar-refractivity contribution is 0.137. The number of carbonyl (C=O) groups excluding carboxylic acids is 1. The number of hydrogen-bond donors (Lipinski definition) is 1. The minimum absolute atomic E-state index is 0.0540. The normalized spacial score (nSPS) is 16.9. The molecule has 1 aromatic carbocycles. The molecule has 1 heterocycles. The van der Waals surface area contributed by atoms with Gasteiger partial charge in [-0.15, -0.1) is 0 Å². The Labute approximate surface area is 151 Å². The predicted molar refractivity (Wildman–Crippen MR) is 100 cm³/mol. The van der Waals surface area contributed by atoms with Crippen molar-refractivity contribution in [1.29, 1.82) is 0 Å². The largest absolute Gasteiger partial charge is 0.338 e. The third-order valence-electron chi connectivity index (χ3n) is 5.08. The van der Waals surface area contributed by atoms with Crippen molar-refractivity contribution in [1.82, 2.24) is 15.1 Å². The van der Waals surface area contributed by atoms with Gasteiger partial charge in [0.05, 0.1) is 0 Å². The summed E-state index contributed by atoms with van der Waals surface area (Å²) in [5.74, 6) is 0.841. The number of rotatable bonds is 7. The zero-order valence-electron chi connectivity index (χ0n) is 15.8. The molecule has 1 aromatic rings. The number of benzene rings is 1. The van der Waals surface area contributed by atoms with Gasteiger partial charge in [0, 0.05) is 32.7 Å². The number of piperazine rings is 1. The van der Waals surface area contributed by atoms with Crippen LogP contribution in [0.3, 0.4) is 0 Å². The maximum atomic E-state index is 13.1. The maximum absolute atomic E-state index is 13.1. The van der Waals surface area contributed by atoms with Gasteiger partial charge in [0.15, 0.2) is 0 Å². The van der Waals surface area contributed by atoms with E-state index in [9.17, 15) is 9.18 Å². The van der Waals surface area contributed by atoms with Gasteiger partial charge in [0.25, 0.3) is 0 Å². The molecule has 1 unspecified atom stereocenters. The minimum atomic E-state index is -0.170. The van der Waals surface area contributed by atoms with Crippen LogP contribution in [0.15, 0.2) is 24.3 Å². The SMILES string of the molecule is CCNC(=O)N1CCN(CCCC(c2ccc(F)cc2)C(C)C)CC1. The summed E-state index contributed by atoms with van der Waals surface area (Å²) in [5, 5.41) is 2.86. The Bertz CT molecular complexity index is 524. The fraction of sp³-hybridized carbons (Fsp3) is 0.650. The van der Waals surface area contributed by atoms with Crippen LogP contribution in [-0.4, -0.2) is 55.1 Å². The Morgan fingerprint density at radius 1 is 1.16 bits per heavy atom. The molecule has 0 aromatic heterocycles. The van der Waals surface area contributed by atoms with E-state index >= 15 is 0 Å². The summed E-state index contributed by atoms with van der Waals surface area (Å²) in [6.07, 6.45) is 2.24. The van der Waals surface area contributed by atoms with E-state index in [1.807, 2.05) is 24.0 Å². The van der Waals surface area contributed by atoms with E-state index in [2.05, 4.69) is 24.1 Å². The van der Waals surface area contributed by atoms with Crippen LogP contribution in [0.2, 0.25) is 0 Å². The van der Waals surface area contributed by atoms with Gasteiger partial charge in [-0.05, 0) is 55.8 Å². The lowest BCUT2D eigenvalue weighted by Gasteiger charge is -2.35. The van der Waals surface area contributed by atoms with E-state index in [4.69, 9.17) is 0 Å². The Morgan fingerprint density at radius 2 is 1.80 bits per heavy atom. The second-order valence-corrected chi connectivity index (χ2v) is 7.21. The van der Waals surface area contributed by atoms with E-state index in [-0.39, 0.29) is 11.8 Å². The molecule has 1 saturated heterocycles. The lowest BCUT2D eigenvalue weighted by Crippen LogP contribution is -2.51. The molecule has 0 saturated carbocycles. The van der Waals surface area contributed by atoms with Gasteiger partial charge in [0.2, 0.25) is 0 Å². The van der Waals surface area contributed by atoms with Crippen molar-refractivity contribution >= 4 is 6.03 Å². The Morgan fingerprint density at radius 3 is 2.36 bits per heavy atom. The summed E-state index contributed by atoms with van der Waals surface area (Å²) in [7, 11) is 0. The van der Waals surface area contributed by atoms with Crippen molar-refractivity contribution < 1.29 is 9.18 Å². The molecule has 1 aliphatic rings. The molecule has 2 rings (SSSR count). The van der Waals surface area contributed by atoms with Crippen LogP contribution in [0.5, 0.6) is 0 Å². The van der Waals surface area contributed by atoms with Gasteiger partial charge in [-0.25, -0.2) is 9.18 Å². The zero-order chi connectivity index (χ0) is 18.2. The molecule has 25 heavy (non-hydrogen) atoms. The molecular weight excluding hydrogens is 317 g/mol. The molecule has 1 aliphatic heterocycles. The molecule has 1 N–H and O–H groups in total. The molecule has 1 fully saturated rings. The highest BCUT2D eigenvalue weighted by Crippen LogP contribution is 2.29. The molecule has 0 bridgehead atoms. The van der Waals surface area contributed by atoms with Crippen LogP contribution in [-0.2, 0) is 0 Å². The monoisotopic (exact) mass is 349 g/mol. The summed E-state index contributed by atoms with van der Waals surface area (Å²) in [6.45, 7) is 11.7. The number of halogens is 1. The second-order valence-electron chi connectivity index (χ2n) is 7.21. The first-order valence-electron chi connectivity index (χ1n) is 9.51. The molecular formula is C20H32FN3O. The number of nitrogens with zero attached hydrogens (tertiary/aromatic N) is 2. The fourth-order valence-electron chi connectivity index (χ4n) is 3.57. The quantitative estimate of drug-likeness (QED) is 0.815. The van der Waals surface area contributed by atoms with Gasteiger partial charge in [-0.1, -0.05) is 26.0 Å². The summed E-state index contributed by atoms with van der Waals surface area (Å²) < 4.78 is 13.1. The second kappa shape index (κ2) is 9.76. The zero-order valence-corrected chi connectivity index (χ0v) is 15.8. The molecule has 5 heteroatoms. The van der Waals surface area contributed by atoms with Crippen molar-refractivity contribution in [3.8, 4) is 0 Å². The van der Waals surface area contributed by atoms with Gasteiger partial charge in [0.1, 0.15) is 5.82 Å². The van der Waals surface area contributed by atoms with Crippen LogP contribution in [0.25, 0.3) is 0 Å². The molecule has 0 radical (unpaired) electrons. The van der Waals surface area contributed by atoms with Crippen molar-refractivity contribution in [2.24, 2.45) is 5.92 Å². The molecule has 140 valence electrons. The van der Waals surface area contributed by atoms with Gasteiger partial charge < -0.3 is 10.2 Å². The van der Waals surface area contributed by atoms with Crippen molar-refractivity contribution in [3.05, 3.63) is 35.6 Å². The maximum Gasteiger partial charge on any atom is 0.317 e. The van der Waals surface area contributed by atoms with Crippen LogP contribution >= 0.6 is 0 Å². The number of amides is 2. The number of hydrogen-bond acceptors (Lipinski definition) is 2. The minimum Gasteiger partial charge on any atom is -0.338 e. The predicted octanol–water partition coefficient (Wildman–Crippen LogP) is 3.69. The van der Waals surface area contributed by atoms with E-state index in [0.29, 0.717) is 18.4 Å².